The third-order valence-electron chi connectivity index (χ3n) is 14.0. The van der Waals surface area contributed by atoms with E-state index in [1.165, 1.54) is 73.1 Å². The zero-order valence-corrected chi connectivity index (χ0v) is 41.9. The molecule has 0 saturated heterocycles. The van der Waals surface area contributed by atoms with Gasteiger partial charge in [0, 0.05) is 64.1 Å². The quantitative estimate of drug-likeness (QED) is 0.121. The van der Waals surface area contributed by atoms with E-state index in [2.05, 4.69) is 9.97 Å². The number of halogens is 8. The number of hydrogen-bond donors (Lipinski definition) is 0. The van der Waals surface area contributed by atoms with Crippen LogP contribution in [0.3, 0.4) is 0 Å². The molecular weight excluding hydrogens is 1020 g/mol. The Bertz CT molecular complexity index is 4140. The van der Waals surface area contributed by atoms with Crippen LogP contribution in [0.1, 0.15) is 0 Å². The van der Waals surface area contributed by atoms with Crippen molar-refractivity contribution in [3.8, 4) is 123 Å². The molecule has 0 unspecified atom stereocenters. The van der Waals surface area contributed by atoms with Crippen molar-refractivity contribution in [2.75, 3.05) is 0 Å². The summed E-state index contributed by atoms with van der Waals surface area (Å²) < 4.78 is 120. The van der Waals surface area contributed by atoms with Crippen LogP contribution in [-0.2, 0) is 0 Å². The Morgan fingerprint density at radius 3 is 1.01 bits per heavy atom. The van der Waals surface area contributed by atoms with Crippen molar-refractivity contribution in [3.63, 3.8) is 0 Å². The third-order valence-corrected chi connectivity index (χ3v) is 14.0. The van der Waals surface area contributed by atoms with Crippen LogP contribution in [0.2, 0.25) is 0 Å². The topological polar surface area (TPSA) is 38.7 Å². The second kappa shape index (κ2) is 21.4. The Morgan fingerprint density at radius 2 is 0.550 bits per heavy atom. The van der Waals surface area contributed by atoms with E-state index in [4.69, 9.17) is 4.98 Å². The molecule has 0 aliphatic carbocycles. The molecule has 0 amide bonds. The summed E-state index contributed by atoms with van der Waals surface area (Å²) in [7, 11) is 0. The fourth-order valence-corrected chi connectivity index (χ4v) is 10.1. The summed E-state index contributed by atoms with van der Waals surface area (Å²) in [5.41, 5.74) is 10.9. The van der Waals surface area contributed by atoms with Gasteiger partial charge in [-0.2, -0.15) is 0 Å². The largest absolute Gasteiger partial charge is 0.256 e. The highest BCUT2D eigenvalue weighted by molar-refractivity contribution is 5.97. The van der Waals surface area contributed by atoms with E-state index in [0.717, 1.165) is 46.5 Å². The SMILES string of the molecule is Fc1ccc(-c2cc(-c3ccc(-c4ccccc4)cc3)c(-c3ccc(F)cc3-c3cc(-c4cc(F)ccc4-c4ccc(-c5ccc(F)cc5F)nc4)cc(-c4cc(F)ccc4-c4ccc(-c5ccc(F)cc5F)nc4)c3)cn2)cc1. The highest BCUT2D eigenvalue weighted by Gasteiger charge is 2.22. The van der Waals surface area contributed by atoms with Crippen LogP contribution >= 0.6 is 0 Å². The van der Waals surface area contributed by atoms with E-state index in [-0.39, 0.29) is 22.5 Å². The maximum atomic E-state index is 16.2. The molecular formula is C69H39F8N3. The standard InChI is InChI=1S/C69H39F8N3/c70-49-14-10-43(11-15-49)69-36-63(42-8-6-41(7-9-42)40-4-2-1-3-5-40)64(39-80-69)57-23-18-52(73)33-62(57)48-29-46(60-31-50(71)16-21-55(60)44-12-26-67(78-37-44)58-24-19-53(74)34-65(58)76)28-47(30-48)61-32-51(72)17-22-56(61)45-13-27-68(79-38-45)59-25-20-54(75)35-66(59)77/h1-39H. The first-order chi connectivity index (χ1) is 38.9. The molecule has 12 rings (SSSR count). The highest BCUT2D eigenvalue weighted by Crippen LogP contribution is 2.45. The van der Waals surface area contributed by atoms with Gasteiger partial charge in [-0.05, 0) is 194 Å². The van der Waals surface area contributed by atoms with Crippen molar-refractivity contribution < 1.29 is 35.1 Å². The van der Waals surface area contributed by atoms with Gasteiger partial charge in [0.15, 0.2) is 0 Å². The van der Waals surface area contributed by atoms with Gasteiger partial charge in [0.05, 0.1) is 17.1 Å². The molecule has 80 heavy (non-hydrogen) atoms. The average molecular weight is 1060 g/mol. The number of hydrogen-bond acceptors (Lipinski definition) is 3. The van der Waals surface area contributed by atoms with Gasteiger partial charge in [0.1, 0.15) is 46.5 Å². The number of pyridine rings is 3. The molecule has 12 aromatic rings. The molecule has 0 spiro atoms. The molecule has 0 N–H and O–H groups in total. The van der Waals surface area contributed by atoms with E-state index in [1.807, 2.05) is 60.7 Å². The lowest BCUT2D eigenvalue weighted by molar-refractivity contribution is 0.584. The Labute approximate surface area is 454 Å². The summed E-state index contributed by atoms with van der Waals surface area (Å²) in [4.78, 5) is 13.9. The zero-order valence-electron chi connectivity index (χ0n) is 41.9. The van der Waals surface area contributed by atoms with E-state index in [9.17, 15) is 22.0 Å². The van der Waals surface area contributed by atoms with Gasteiger partial charge in [-0.1, -0.05) is 84.9 Å². The van der Waals surface area contributed by atoms with Crippen molar-refractivity contribution >= 4 is 0 Å². The Hall–Kier alpha value is -10.1. The monoisotopic (exact) mass is 1060 g/mol. The first kappa shape index (κ1) is 50.7. The van der Waals surface area contributed by atoms with Crippen LogP contribution in [0.4, 0.5) is 35.1 Å². The van der Waals surface area contributed by atoms with E-state index in [1.54, 1.807) is 79.0 Å². The van der Waals surface area contributed by atoms with Crippen molar-refractivity contribution in [1.29, 1.82) is 0 Å². The van der Waals surface area contributed by atoms with Crippen LogP contribution < -0.4 is 0 Å². The van der Waals surface area contributed by atoms with Gasteiger partial charge >= 0.3 is 0 Å². The number of aromatic nitrogens is 3. The van der Waals surface area contributed by atoms with Crippen molar-refractivity contribution in [3.05, 3.63) is 284 Å². The second-order valence-corrected chi connectivity index (χ2v) is 19.0. The average Bonchev–Trinajstić information content (AvgIpc) is 3.56. The summed E-state index contributed by atoms with van der Waals surface area (Å²) in [6.45, 7) is 0. The van der Waals surface area contributed by atoms with Crippen molar-refractivity contribution in [1.82, 2.24) is 15.0 Å². The molecule has 3 heterocycles. The van der Waals surface area contributed by atoms with Crippen LogP contribution in [0.5, 0.6) is 0 Å². The molecule has 0 bridgehead atoms. The van der Waals surface area contributed by atoms with Crippen LogP contribution in [0.25, 0.3) is 123 Å². The Kier molecular flexibility index (Phi) is 13.5. The predicted octanol–water partition coefficient (Wildman–Crippen LogP) is 19.3. The smallest absolute Gasteiger partial charge is 0.135 e. The minimum atomic E-state index is -0.799. The van der Waals surface area contributed by atoms with Crippen LogP contribution in [-0.4, -0.2) is 15.0 Å². The van der Waals surface area contributed by atoms with Gasteiger partial charge in [-0.3, -0.25) is 15.0 Å². The van der Waals surface area contributed by atoms with Crippen LogP contribution in [0, 0.1) is 46.5 Å². The van der Waals surface area contributed by atoms with Crippen molar-refractivity contribution in [2.24, 2.45) is 0 Å². The molecule has 3 aromatic heterocycles. The molecule has 3 nitrogen and oxygen atoms in total. The van der Waals surface area contributed by atoms with Gasteiger partial charge in [-0.25, -0.2) is 35.1 Å². The molecule has 0 radical (unpaired) electrons. The molecule has 0 aliphatic heterocycles. The fourth-order valence-electron chi connectivity index (χ4n) is 10.1. The second-order valence-electron chi connectivity index (χ2n) is 19.0. The molecule has 386 valence electrons. The molecule has 0 saturated carbocycles. The van der Waals surface area contributed by atoms with E-state index < -0.39 is 46.5 Å². The van der Waals surface area contributed by atoms with E-state index in [0.29, 0.717) is 78.0 Å². The Balaban J connectivity index is 1.06. The normalized spacial score (nSPS) is 11.2. The van der Waals surface area contributed by atoms with Crippen molar-refractivity contribution in [2.45, 2.75) is 0 Å². The van der Waals surface area contributed by atoms with E-state index >= 15 is 13.2 Å². The van der Waals surface area contributed by atoms with Gasteiger partial charge in [0.2, 0.25) is 0 Å². The van der Waals surface area contributed by atoms with Gasteiger partial charge in [0.25, 0.3) is 0 Å². The fraction of sp³-hybridized carbons (Fsp3) is 0. The minimum Gasteiger partial charge on any atom is -0.256 e. The maximum Gasteiger partial charge on any atom is 0.135 e. The number of benzene rings is 9. The third kappa shape index (κ3) is 10.3. The van der Waals surface area contributed by atoms with Crippen LogP contribution in [0.15, 0.2) is 237 Å². The first-order valence-corrected chi connectivity index (χ1v) is 25.2. The highest BCUT2D eigenvalue weighted by atomic mass is 19.2. The van der Waals surface area contributed by atoms with Gasteiger partial charge < -0.3 is 0 Å². The summed E-state index contributed by atoms with van der Waals surface area (Å²) >= 11 is 0. The van der Waals surface area contributed by atoms with Gasteiger partial charge in [-0.15, -0.1) is 0 Å². The molecule has 0 fully saturated rings. The molecule has 0 atom stereocenters. The molecule has 9 aromatic carbocycles. The lowest BCUT2D eigenvalue weighted by Crippen LogP contribution is -1.96. The summed E-state index contributed by atoms with van der Waals surface area (Å²) in [6.07, 6.45) is 4.69. The number of rotatable bonds is 11. The predicted molar refractivity (Wildman–Crippen MR) is 299 cm³/mol. The minimum absolute atomic E-state index is 0.0755. The number of nitrogens with zero attached hydrogens (tertiary/aromatic N) is 3. The maximum absolute atomic E-state index is 16.2. The summed E-state index contributed by atoms with van der Waals surface area (Å²) in [5, 5.41) is 0. The molecule has 0 aliphatic rings. The zero-order chi connectivity index (χ0) is 55.0. The summed E-state index contributed by atoms with van der Waals surface area (Å²) in [5.74, 6) is -5.25. The molecule has 11 heteroatoms. The first-order valence-electron chi connectivity index (χ1n) is 25.2. The lowest BCUT2D eigenvalue weighted by atomic mass is 9.85. The lowest BCUT2D eigenvalue weighted by Gasteiger charge is -2.19. The summed E-state index contributed by atoms with van der Waals surface area (Å²) in [6, 6.07) is 56.9. The Morgan fingerprint density at radius 1 is 0.188 bits per heavy atom.